The van der Waals surface area contributed by atoms with Crippen LogP contribution in [0, 0.1) is 0 Å². The Morgan fingerprint density at radius 3 is 2.50 bits per heavy atom. The molecule has 1 amide bonds. The molecule has 1 fully saturated rings. The number of hydrogen-bond acceptors (Lipinski definition) is 5. The first-order chi connectivity index (χ1) is 15.3. The number of amides is 1. The minimum atomic E-state index is -1.34. The summed E-state index contributed by atoms with van der Waals surface area (Å²) in [7, 11) is 0.200. The summed E-state index contributed by atoms with van der Waals surface area (Å²) < 4.78 is 17.5. The Labute approximate surface area is 195 Å². The molecule has 0 bridgehead atoms. The molecule has 0 radical (unpaired) electrons. The Balaban J connectivity index is 1.83. The SMILES string of the molecule is CCS(=O)c1ccccc1C(=O)OCC(=O)N(C)C1(c2ccccc2Cl)CCCCC1=O. The molecular weight excluding hydrogens is 450 g/mol. The van der Waals surface area contributed by atoms with E-state index in [1.165, 1.54) is 11.0 Å². The molecule has 2 aromatic rings. The number of ketones is 1. The molecule has 0 aliphatic heterocycles. The van der Waals surface area contributed by atoms with Gasteiger partial charge in [0.25, 0.3) is 5.91 Å². The Morgan fingerprint density at radius 1 is 1.12 bits per heavy atom. The van der Waals surface area contributed by atoms with Gasteiger partial charge in [-0.15, -0.1) is 0 Å². The van der Waals surface area contributed by atoms with Crippen LogP contribution in [-0.4, -0.2) is 46.2 Å². The van der Waals surface area contributed by atoms with Crippen molar-refractivity contribution in [2.75, 3.05) is 19.4 Å². The predicted octanol–water partition coefficient (Wildman–Crippen LogP) is 4.12. The predicted molar refractivity (Wildman–Crippen MR) is 123 cm³/mol. The summed E-state index contributed by atoms with van der Waals surface area (Å²) in [5.41, 5.74) is -0.447. The second-order valence-corrected chi connectivity index (χ2v) is 9.75. The molecule has 0 spiro atoms. The van der Waals surface area contributed by atoms with Crippen LogP contribution < -0.4 is 0 Å². The molecule has 6 nitrogen and oxygen atoms in total. The average Bonchev–Trinajstić information content (AvgIpc) is 2.82. The highest BCUT2D eigenvalue weighted by molar-refractivity contribution is 7.85. The van der Waals surface area contributed by atoms with E-state index < -0.39 is 34.8 Å². The largest absolute Gasteiger partial charge is 0.452 e. The van der Waals surface area contributed by atoms with E-state index in [0.29, 0.717) is 34.1 Å². The second-order valence-electron chi connectivity index (χ2n) is 7.63. The first-order valence-corrected chi connectivity index (χ1v) is 12.2. The fraction of sp³-hybridized carbons (Fsp3) is 0.375. The van der Waals surface area contributed by atoms with Crippen molar-refractivity contribution in [3.8, 4) is 0 Å². The molecule has 2 unspecified atom stereocenters. The topological polar surface area (TPSA) is 80.8 Å². The van der Waals surface area contributed by atoms with Gasteiger partial charge in [0, 0.05) is 29.8 Å². The Hall–Kier alpha value is -2.51. The van der Waals surface area contributed by atoms with Crippen molar-refractivity contribution >= 4 is 40.1 Å². The van der Waals surface area contributed by atoms with Gasteiger partial charge in [0.15, 0.2) is 12.4 Å². The molecule has 2 aromatic carbocycles. The number of esters is 1. The van der Waals surface area contributed by atoms with Crippen LogP contribution in [0.25, 0.3) is 0 Å². The Bertz CT molecular complexity index is 1060. The molecule has 0 N–H and O–H groups in total. The van der Waals surface area contributed by atoms with Gasteiger partial charge in [-0.2, -0.15) is 0 Å². The maximum Gasteiger partial charge on any atom is 0.339 e. The minimum absolute atomic E-state index is 0.0808. The third-order valence-electron chi connectivity index (χ3n) is 5.86. The number of hydrogen-bond donors (Lipinski definition) is 0. The lowest BCUT2D eigenvalue weighted by atomic mass is 9.74. The second kappa shape index (κ2) is 10.4. The molecule has 1 aliphatic carbocycles. The molecule has 0 heterocycles. The number of likely N-dealkylation sites (N-methyl/N-ethyl adjacent to an activating group) is 1. The van der Waals surface area contributed by atoms with E-state index in [1.54, 1.807) is 56.4 Å². The van der Waals surface area contributed by atoms with Crippen LogP contribution in [0.5, 0.6) is 0 Å². The number of rotatable bonds is 7. The van der Waals surface area contributed by atoms with Crippen LogP contribution in [-0.2, 0) is 30.7 Å². The highest BCUT2D eigenvalue weighted by atomic mass is 35.5. The van der Waals surface area contributed by atoms with Crippen molar-refractivity contribution < 1.29 is 23.3 Å². The smallest absolute Gasteiger partial charge is 0.339 e. The van der Waals surface area contributed by atoms with Crippen LogP contribution in [0.1, 0.15) is 48.5 Å². The van der Waals surface area contributed by atoms with Crippen molar-refractivity contribution in [2.24, 2.45) is 0 Å². The van der Waals surface area contributed by atoms with Crippen LogP contribution in [0.15, 0.2) is 53.4 Å². The van der Waals surface area contributed by atoms with Gasteiger partial charge in [-0.3, -0.25) is 13.8 Å². The lowest BCUT2D eigenvalue weighted by Gasteiger charge is -2.43. The maximum atomic E-state index is 13.1. The molecule has 1 aliphatic rings. The van der Waals surface area contributed by atoms with E-state index in [9.17, 15) is 18.6 Å². The molecule has 1 saturated carbocycles. The summed E-state index contributed by atoms with van der Waals surface area (Å²) in [4.78, 5) is 40.6. The molecule has 32 heavy (non-hydrogen) atoms. The van der Waals surface area contributed by atoms with Crippen molar-refractivity contribution in [3.63, 3.8) is 0 Å². The van der Waals surface area contributed by atoms with Gasteiger partial charge in [-0.05, 0) is 37.5 Å². The average molecular weight is 476 g/mol. The van der Waals surface area contributed by atoms with E-state index in [2.05, 4.69) is 0 Å². The number of nitrogens with zero attached hydrogens (tertiary/aromatic N) is 1. The number of carbonyl (C=O) groups is 3. The summed E-state index contributed by atoms with van der Waals surface area (Å²) in [6.07, 6.45) is 2.32. The lowest BCUT2D eigenvalue weighted by molar-refractivity contribution is -0.150. The summed E-state index contributed by atoms with van der Waals surface area (Å²) in [6, 6.07) is 13.5. The van der Waals surface area contributed by atoms with Crippen LogP contribution in [0.3, 0.4) is 0 Å². The third-order valence-corrected chi connectivity index (χ3v) is 7.56. The number of Topliss-reactive ketones (excluding diaryl/α,β-unsaturated/α-hetero) is 1. The molecule has 0 saturated heterocycles. The third kappa shape index (κ3) is 4.64. The van der Waals surface area contributed by atoms with Gasteiger partial charge in [0.2, 0.25) is 0 Å². The Kier molecular flexibility index (Phi) is 7.85. The summed E-state index contributed by atoms with van der Waals surface area (Å²) in [6.45, 7) is 1.22. The van der Waals surface area contributed by atoms with Crippen LogP contribution >= 0.6 is 11.6 Å². The van der Waals surface area contributed by atoms with Crippen molar-refractivity contribution in [1.29, 1.82) is 0 Å². The minimum Gasteiger partial charge on any atom is -0.452 e. The molecule has 170 valence electrons. The first-order valence-electron chi connectivity index (χ1n) is 10.5. The molecule has 2 atom stereocenters. The zero-order valence-electron chi connectivity index (χ0n) is 18.1. The molecule has 8 heteroatoms. The number of ether oxygens (including phenoxy) is 1. The van der Waals surface area contributed by atoms with Gasteiger partial charge in [-0.1, -0.05) is 48.9 Å². The number of benzene rings is 2. The van der Waals surface area contributed by atoms with Crippen molar-refractivity contribution in [3.05, 3.63) is 64.7 Å². The molecule has 3 rings (SSSR count). The van der Waals surface area contributed by atoms with E-state index in [1.807, 2.05) is 0 Å². The van der Waals surface area contributed by atoms with Crippen molar-refractivity contribution in [1.82, 2.24) is 4.90 Å². The highest BCUT2D eigenvalue weighted by Gasteiger charge is 2.48. The zero-order valence-corrected chi connectivity index (χ0v) is 19.7. The van der Waals surface area contributed by atoms with E-state index in [0.717, 1.165) is 12.8 Å². The monoisotopic (exact) mass is 475 g/mol. The normalized spacial score (nSPS) is 19.3. The van der Waals surface area contributed by atoms with Gasteiger partial charge in [0.1, 0.15) is 5.54 Å². The standard InChI is InChI=1S/C24H26ClNO5S/c1-3-32(30)20-13-7-4-10-17(20)23(29)31-16-22(28)26(2)24(15-9-8-14-21(24)27)18-11-5-6-12-19(18)25/h4-7,10-13H,3,8-9,14-16H2,1-2H3. The summed E-state index contributed by atoms with van der Waals surface area (Å²) in [5.74, 6) is -0.967. The Morgan fingerprint density at radius 2 is 1.81 bits per heavy atom. The molecular formula is C24H26ClNO5S. The van der Waals surface area contributed by atoms with Gasteiger partial charge < -0.3 is 9.64 Å². The van der Waals surface area contributed by atoms with E-state index in [4.69, 9.17) is 16.3 Å². The van der Waals surface area contributed by atoms with E-state index in [-0.39, 0.29) is 11.3 Å². The first kappa shape index (κ1) is 24.1. The van der Waals surface area contributed by atoms with Gasteiger partial charge in [-0.25, -0.2) is 4.79 Å². The van der Waals surface area contributed by atoms with Gasteiger partial charge >= 0.3 is 5.97 Å². The van der Waals surface area contributed by atoms with Crippen LogP contribution in [0.2, 0.25) is 5.02 Å². The lowest BCUT2D eigenvalue weighted by Crippen LogP contribution is -2.55. The quantitative estimate of drug-likeness (QED) is 0.562. The van der Waals surface area contributed by atoms with Crippen LogP contribution in [0.4, 0.5) is 0 Å². The van der Waals surface area contributed by atoms with E-state index >= 15 is 0 Å². The van der Waals surface area contributed by atoms with Crippen molar-refractivity contribution in [2.45, 2.75) is 43.0 Å². The molecule has 0 aromatic heterocycles. The zero-order chi connectivity index (χ0) is 23.3. The summed E-state index contributed by atoms with van der Waals surface area (Å²) in [5, 5.41) is 0.412. The summed E-state index contributed by atoms with van der Waals surface area (Å²) >= 11 is 6.43. The highest BCUT2D eigenvalue weighted by Crippen LogP contribution is 2.42. The maximum absolute atomic E-state index is 13.1. The fourth-order valence-corrected chi connectivity index (χ4v) is 5.36. The van der Waals surface area contributed by atoms with Gasteiger partial charge in [0.05, 0.1) is 21.3 Å². The number of carbonyl (C=O) groups excluding carboxylic acids is 3. The number of halogens is 1. The fourth-order valence-electron chi connectivity index (χ4n) is 4.13.